The Hall–Kier alpha value is -2.06. The summed E-state index contributed by atoms with van der Waals surface area (Å²) >= 11 is 0. The van der Waals surface area contributed by atoms with Gasteiger partial charge in [-0.15, -0.1) is 0 Å². The van der Waals surface area contributed by atoms with E-state index in [1.807, 2.05) is 25.2 Å². The summed E-state index contributed by atoms with van der Waals surface area (Å²) < 4.78 is 0. The maximum atomic E-state index is 3.40. The number of benzene rings is 2. The first-order valence-corrected chi connectivity index (χ1v) is 7.13. The smallest absolute Gasteiger partial charge is 0.0379 e. The highest BCUT2D eigenvalue weighted by atomic mass is 14.9. The molecule has 2 nitrogen and oxygen atoms in total. The highest BCUT2D eigenvalue weighted by Gasteiger charge is 2.27. The minimum atomic E-state index is 0.470. The molecule has 0 saturated heterocycles. The first kappa shape index (κ1) is 12.9. The van der Waals surface area contributed by atoms with Crippen molar-refractivity contribution in [2.75, 3.05) is 12.4 Å². The van der Waals surface area contributed by atoms with Gasteiger partial charge < -0.3 is 10.6 Å². The van der Waals surface area contributed by atoms with Gasteiger partial charge in [0.2, 0.25) is 0 Å². The Balaban J connectivity index is 1.73. The second-order valence-electron chi connectivity index (χ2n) is 5.18. The van der Waals surface area contributed by atoms with E-state index in [2.05, 4.69) is 59.3 Å². The number of fused-ring (bicyclic) bond motifs is 1. The lowest BCUT2D eigenvalue weighted by Gasteiger charge is -2.08. The molecule has 2 N–H and O–H groups in total. The lowest BCUT2D eigenvalue weighted by atomic mass is 10.0. The fourth-order valence-electron chi connectivity index (χ4n) is 2.92. The Bertz CT molecular complexity index is 589. The number of allylic oxidation sites excluding steroid dienone is 1. The van der Waals surface area contributed by atoms with Crippen LogP contribution in [-0.4, -0.2) is 7.05 Å². The third-order valence-corrected chi connectivity index (χ3v) is 3.96. The molecular weight excluding hydrogens is 244 g/mol. The Kier molecular flexibility index (Phi) is 3.84. The molecule has 20 heavy (non-hydrogen) atoms. The summed E-state index contributed by atoms with van der Waals surface area (Å²) in [6.45, 7) is 0. The summed E-state index contributed by atoms with van der Waals surface area (Å²) in [7, 11) is 2.04. The molecule has 0 heterocycles. The summed E-state index contributed by atoms with van der Waals surface area (Å²) in [5.41, 5.74) is 4.00. The molecule has 3 rings (SSSR count). The van der Waals surface area contributed by atoms with Gasteiger partial charge in [-0.2, -0.15) is 0 Å². The predicted molar refractivity (Wildman–Crippen MR) is 84.8 cm³/mol. The second-order valence-corrected chi connectivity index (χ2v) is 5.18. The van der Waals surface area contributed by atoms with Crippen LogP contribution in [0.15, 0.2) is 66.9 Å². The number of nitrogens with one attached hydrogen (secondary N) is 2. The van der Waals surface area contributed by atoms with Gasteiger partial charge in [-0.1, -0.05) is 48.5 Å². The Morgan fingerprint density at radius 3 is 2.40 bits per heavy atom. The molecular formula is C18H20N2. The van der Waals surface area contributed by atoms with Gasteiger partial charge in [-0.25, -0.2) is 0 Å². The molecule has 1 aliphatic carbocycles. The fraction of sp³-hybridized carbons (Fsp3) is 0.222. The molecule has 0 amide bonds. The van der Waals surface area contributed by atoms with E-state index in [0.29, 0.717) is 12.0 Å². The Morgan fingerprint density at radius 1 is 0.950 bits per heavy atom. The van der Waals surface area contributed by atoms with Crippen molar-refractivity contribution in [1.29, 1.82) is 0 Å². The number of rotatable bonds is 4. The Morgan fingerprint density at radius 2 is 1.65 bits per heavy atom. The van der Waals surface area contributed by atoms with Crippen LogP contribution in [0.4, 0.5) is 5.69 Å². The van der Waals surface area contributed by atoms with E-state index < -0.39 is 0 Å². The van der Waals surface area contributed by atoms with Gasteiger partial charge >= 0.3 is 0 Å². The number of anilines is 1. The zero-order valence-electron chi connectivity index (χ0n) is 11.7. The van der Waals surface area contributed by atoms with Crippen molar-refractivity contribution in [3.63, 3.8) is 0 Å². The summed E-state index contributed by atoms with van der Waals surface area (Å²) in [4.78, 5) is 0. The quantitative estimate of drug-likeness (QED) is 0.870. The monoisotopic (exact) mass is 264 g/mol. The van der Waals surface area contributed by atoms with Gasteiger partial charge in [0, 0.05) is 17.6 Å². The Labute approximate surface area is 120 Å². The van der Waals surface area contributed by atoms with Crippen molar-refractivity contribution < 1.29 is 0 Å². The molecule has 0 radical (unpaired) electrons. The van der Waals surface area contributed by atoms with Gasteiger partial charge in [0.1, 0.15) is 0 Å². The molecule has 2 atom stereocenters. The first-order valence-electron chi connectivity index (χ1n) is 7.13. The van der Waals surface area contributed by atoms with Crippen LogP contribution in [0.25, 0.3) is 0 Å². The lowest BCUT2D eigenvalue weighted by molar-refractivity contribution is 0.570. The second kappa shape index (κ2) is 5.93. The SMILES string of the molecule is CN[C@H]1C[C@@H](/C=C/Nc2ccccc2)c2ccccc21. The number of hydrogen-bond donors (Lipinski definition) is 2. The molecule has 0 aromatic heterocycles. The first-order chi connectivity index (χ1) is 9.88. The summed E-state index contributed by atoms with van der Waals surface area (Å²) in [5.74, 6) is 0.486. The van der Waals surface area contributed by atoms with Crippen LogP contribution >= 0.6 is 0 Å². The van der Waals surface area contributed by atoms with Gasteiger partial charge in [0.15, 0.2) is 0 Å². The average molecular weight is 264 g/mol. The standard InChI is InChI=1S/C18H20N2/c1-19-18-13-14(16-9-5-6-10-17(16)18)11-12-20-15-7-3-2-4-8-15/h2-12,14,18-20H,13H2,1H3/b12-11+/t14-,18+/m1/s1. The van der Waals surface area contributed by atoms with Crippen LogP contribution < -0.4 is 10.6 Å². The summed E-state index contributed by atoms with van der Waals surface area (Å²) in [6.07, 6.45) is 5.46. The molecule has 2 aromatic carbocycles. The normalized spacial score (nSPS) is 21.1. The van der Waals surface area contributed by atoms with Crippen LogP contribution in [0.3, 0.4) is 0 Å². The largest absolute Gasteiger partial charge is 0.362 e. The van der Waals surface area contributed by atoms with E-state index >= 15 is 0 Å². The van der Waals surface area contributed by atoms with Crippen molar-refractivity contribution in [1.82, 2.24) is 5.32 Å². The van der Waals surface area contributed by atoms with Crippen LogP contribution in [0.5, 0.6) is 0 Å². The summed E-state index contributed by atoms with van der Waals surface area (Å²) in [5, 5.41) is 6.74. The van der Waals surface area contributed by atoms with Gasteiger partial charge in [-0.05, 0) is 42.9 Å². The molecule has 0 spiro atoms. The molecule has 1 aliphatic rings. The maximum absolute atomic E-state index is 3.40. The highest BCUT2D eigenvalue weighted by Crippen LogP contribution is 2.40. The van der Waals surface area contributed by atoms with Crippen molar-refractivity contribution in [2.24, 2.45) is 0 Å². The molecule has 0 saturated carbocycles. The van der Waals surface area contributed by atoms with Crippen molar-refractivity contribution in [2.45, 2.75) is 18.4 Å². The third kappa shape index (κ3) is 2.61. The summed E-state index contributed by atoms with van der Waals surface area (Å²) in [6, 6.07) is 19.4. The molecule has 2 heteroatoms. The average Bonchev–Trinajstić information content (AvgIpc) is 2.87. The predicted octanol–water partition coefficient (Wildman–Crippen LogP) is 4.06. The molecule has 2 aromatic rings. The van der Waals surface area contributed by atoms with Gasteiger partial charge in [0.25, 0.3) is 0 Å². The maximum Gasteiger partial charge on any atom is 0.0379 e. The van der Waals surface area contributed by atoms with E-state index in [-0.39, 0.29) is 0 Å². The minimum absolute atomic E-state index is 0.470. The number of para-hydroxylation sites is 1. The van der Waals surface area contributed by atoms with Crippen LogP contribution in [0.2, 0.25) is 0 Å². The topological polar surface area (TPSA) is 24.1 Å². The van der Waals surface area contributed by atoms with E-state index in [1.54, 1.807) is 0 Å². The lowest BCUT2D eigenvalue weighted by Crippen LogP contribution is -2.12. The molecule has 0 bridgehead atoms. The van der Waals surface area contributed by atoms with Crippen LogP contribution in [-0.2, 0) is 0 Å². The van der Waals surface area contributed by atoms with Crippen molar-refractivity contribution >= 4 is 5.69 Å². The third-order valence-electron chi connectivity index (χ3n) is 3.96. The minimum Gasteiger partial charge on any atom is -0.362 e. The van der Waals surface area contributed by atoms with E-state index in [1.165, 1.54) is 11.1 Å². The molecule has 0 fully saturated rings. The number of hydrogen-bond acceptors (Lipinski definition) is 2. The zero-order chi connectivity index (χ0) is 13.8. The van der Waals surface area contributed by atoms with Crippen LogP contribution in [0, 0.1) is 0 Å². The van der Waals surface area contributed by atoms with E-state index in [9.17, 15) is 0 Å². The van der Waals surface area contributed by atoms with Crippen molar-refractivity contribution in [3.05, 3.63) is 78.0 Å². The fourth-order valence-corrected chi connectivity index (χ4v) is 2.92. The van der Waals surface area contributed by atoms with Crippen molar-refractivity contribution in [3.8, 4) is 0 Å². The van der Waals surface area contributed by atoms with Crippen LogP contribution in [0.1, 0.15) is 29.5 Å². The molecule has 102 valence electrons. The van der Waals surface area contributed by atoms with Gasteiger partial charge in [0.05, 0.1) is 0 Å². The molecule has 0 aliphatic heterocycles. The molecule has 0 unspecified atom stereocenters. The van der Waals surface area contributed by atoms with Gasteiger partial charge in [-0.3, -0.25) is 0 Å². The highest BCUT2D eigenvalue weighted by molar-refractivity contribution is 5.46. The van der Waals surface area contributed by atoms with E-state index in [4.69, 9.17) is 0 Å². The zero-order valence-corrected chi connectivity index (χ0v) is 11.7. The van der Waals surface area contributed by atoms with E-state index in [0.717, 1.165) is 12.1 Å².